The standard InChI is InChI=1S/C34H29ClFN9O2S.C2H8N2.C2H6/c35-26-6-2-4-20-3-1-5-24(28(20)26)30-29(36)31-25(17-38-30)33(44-15-13-37-14-16-44)42-34(41-31)47-18-27(46)40-22-9-11-23(12-10-22)48-45-19-39-32(43-45)21-7-8-21;1-4(2)3;1-2/h1-6,9-12,17,19,21,37H,7-8,13-16,18H2,(H,40,46);3H2,1-2H3;1-2H3. The van der Waals surface area contributed by atoms with E-state index in [2.05, 4.69) is 35.7 Å². The number of benzene rings is 3. The zero-order chi connectivity index (χ0) is 38.2. The first-order valence-corrected chi connectivity index (χ1v) is 18.9. The van der Waals surface area contributed by atoms with Gasteiger partial charge in [0, 0.05) is 90.9 Å². The third kappa shape index (κ3) is 9.40. The molecule has 0 atom stereocenters. The Hall–Kier alpha value is -4.93. The average molecular weight is 772 g/mol. The Morgan fingerprint density at radius 2 is 1.76 bits per heavy atom. The van der Waals surface area contributed by atoms with E-state index in [1.54, 1.807) is 55.0 Å². The van der Waals surface area contributed by atoms with Gasteiger partial charge in [0.15, 0.2) is 18.2 Å². The van der Waals surface area contributed by atoms with Gasteiger partial charge in [-0.05, 0) is 48.6 Å². The molecule has 1 aliphatic carbocycles. The molecule has 1 saturated heterocycles. The molecule has 0 bridgehead atoms. The van der Waals surface area contributed by atoms with E-state index in [4.69, 9.17) is 22.2 Å². The van der Waals surface area contributed by atoms with Crippen molar-refractivity contribution < 1.29 is 13.9 Å². The predicted octanol–water partition coefficient (Wildman–Crippen LogP) is 6.54. The van der Waals surface area contributed by atoms with E-state index in [9.17, 15) is 4.79 Å². The van der Waals surface area contributed by atoms with Gasteiger partial charge in [-0.15, -0.1) is 5.10 Å². The molecule has 2 aliphatic rings. The summed E-state index contributed by atoms with van der Waals surface area (Å²) in [7, 11) is 3.56. The van der Waals surface area contributed by atoms with Gasteiger partial charge in [0.25, 0.3) is 5.91 Å². The molecule has 8 rings (SSSR count). The first kappa shape index (κ1) is 38.8. The summed E-state index contributed by atoms with van der Waals surface area (Å²) in [5.74, 6) is 5.78. The average Bonchev–Trinajstić information content (AvgIpc) is 3.93. The fourth-order valence-electron chi connectivity index (χ4n) is 5.75. The van der Waals surface area contributed by atoms with Crippen molar-refractivity contribution >= 4 is 62.6 Å². The number of hydrogen-bond donors (Lipinski definition) is 3. The third-order valence-electron chi connectivity index (χ3n) is 8.27. The van der Waals surface area contributed by atoms with E-state index in [-0.39, 0.29) is 23.8 Å². The molecule has 4 heterocycles. The minimum absolute atomic E-state index is 0.0488. The lowest BCUT2D eigenvalue weighted by molar-refractivity contribution is -0.118. The highest BCUT2D eigenvalue weighted by Gasteiger charge is 2.27. The van der Waals surface area contributed by atoms with Crippen LogP contribution in [-0.2, 0) is 4.79 Å². The number of anilines is 2. The number of piperazine rings is 1. The van der Waals surface area contributed by atoms with E-state index in [1.807, 2.05) is 55.1 Å². The fourth-order valence-corrected chi connectivity index (χ4v) is 6.73. The van der Waals surface area contributed by atoms with Crippen molar-refractivity contribution in [1.82, 2.24) is 39.4 Å². The lowest BCUT2D eigenvalue weighted by atomic mass is 10.0. The van der Waals surface area contributed by atoms with Crippen molar-refractivity contribution in [1.29, 1.82) is 0 Å². The van der Waals surface area contributed by atoms with E-state index in [0.717, 1.165) is 42.0 Å². The van der Waals surface area contributed by atoms with Gasteiger partial charge >= 0.3 is 6.01 Å². The summed E-state index contributed by atoms with van der Waals surface area (Å²) in [4.78, 5) is 33.9. The number of hydrogen-bond acceptors (Lipinski definition) is 12. The third-order valence-corrected chi connectivity index (χ3v) is 9.43. The number of hydrazine groups is 1. The van der Waals surface area contributed by atoms with Crippen molar-refractivity contribution in [3.63, 3.8) is 0 Å². The number of halogens is 2. The SMILES string of the molecule is CC.CN(C)N.O=C(COc1nc(N2CCNCC2)c2cnc(-c3cccc4cccc(Cl)c34)c(F)c2n1)Nc1ccc(Sn2cnc(C3CC3)n2)cc1. The number of rotatable bonds is 9. The highest BCUT2D eigenvalue weighted by atomic mass is 35.5. The van der Waals surface area contributed by atoms with Crippen molar-refractivity contribution in [2.75, 3.05) is 57.1 Å². The molecule has 0 unspecified atom stereocenters. The molecule has 3 aromatic heterocycles. The molecular weight excluding hydrogens is 729 g/mol. The van der Waals surface area contributed by atoms with Crippen molar-refractivity contribution in [2.45, 2.75) is 37.5 Å². The normalized spacial score (nSPS) is 14.0. The minimum Gasteiger partial charge on any atom is -0.453 e. The molecule has 3 aromatic carbocycles. The summed E-state index contributed by atoms with van der Waals surface area (Å²) in [5, 5.41) is 14.7. The summed E-state index contributed by atoms with van der Waals surface area (Å²) in [6, 6.07) is 18.4. The minimum atomic E-state index is -0.624. The maximum absolute atomic E-state index is 16.5. The summed E-state index contributed by atoms with van der Waals surface area (Å²) in [5.41, 5.74) is 1.31. The lowest BCUT2D eigenvalue weighted by Crippen LogP contribution is -2.44. The molecule has 54 heavy (non-hydrogen) atoms. The molecule has 2 fully saturated rings. The number of nitrogens with two attached hydrogens (primary N) is 1. The van der Waals surface area contributed by atoms with Crippen LogP contribution in [-0.4, -0.2) is 86.9 Å². The molecular formula is C38H43ClFN11O2S. The highest BCUT2D eigenvalue weighted by molar-refractivity contribution is 7.97. The van der Waals surface area contributed by atoms with E-state index >= 15 is 4.39 Å². The molecule has 282 valence electrons. The van der Waals surface area contributed by atoms with Crippen LogP contribution >= 0.6 is 23.5 Å². The van der Waals surface area contributed by atoms with Crippen molar-refractivity contribution in [3.8, 4) is 17.3 Å². The van der Waals surface area contributed by atoms with Crippen molar-refractivity contribution in [3.05, 3.63) is 89.9 Å². The Morgan fingerprint density at radius 1 is 1.06 bits per heavy atom. The molecule has 0 spiro atoms. The second-order valence-electron chi connectivity index (χ2n) is 12.6. The number of fused-ring (bicyclic) bond motifs is 2. The summed E-state index contributed by atoms with van der Waals surface area (Å²) in [6.07, 6.45) is 5.60. The van der Waals surface area contributed by atoms with Crippen LogP contribution in [0, 0.1) is 5.82 Å². The summed E-state index contributed by atoms with van der Waals surface area (Å²) < 4.78 is 24.0. The Morgan fingerprint density at radius 3 is 2.46 bits per heavy atom. The number of nitrogens with zero attached hydrogens (tertiary/aromatic N) is 8. The summed E-state index contributed by atoms with van der Waals surface area (Å²) in [6.45, 7) is 6.42. The Labute approximate surface area is 322 Å². The molecule has 1 saturated carbocycles. The van der Waals surface area contributed by atoms with Crippen LogP contribution in [0.5, 0.6) is 6.01 Å². The van der Waals surface area contributed by atoms with Crippen LogP contribution in [0.15, 0.2) is 78.1 Å². The monoisotopic (exact) mass is 771 g/mol. The molecule has 0 radical (unpaired) electrons. The van der Waals surface area contributed by atoms with Gasteiger partial charge in [0.1, 0.15) is 23.4 Å². The van der Waals surface area contributed by atoms with Gasteiger partial charge in [0.05, 0.1) is 5.39 Å². The molecule has 13 nitrogen and oxygen atoms in total. The summed E-state index contributed by atoms with van der Waals surface area (Å²) >= 11 is 8.01. The van der Waals surface area contributed by atoms with Crippen LogP contribution in [0.3, 0.4) is 0 Å². The zero-order valence-electron chi connectivity index (χ0n) is 30.6. The maximum atomic E-state index is 16.5. The number of ether oxygens (including phenoxy) is 1. The lowest BCUT2D eigenvalue weighted by Gasteiger charge is -2.29. The number of nitrogens with one attached hydrogen (secondary N) is 2. The van der Waals surface area contributed by atoms with Crippen LogP contribution < -0.4 is 26.1 Å². The van der Waals surface area contributed by atoms with Gasteiger partial charge in [-0.3, -0.25) is 20.6 Å². The number of carbonyl (C=O) groups is 1. The number of amides is 1. The van der Waals surface area contributed by atoms with Gasteiger partial charge in [-0.1, -0.05) is 55.8 Å². The predicted molar refractivity (Wildman–Crippen MR) is 213 cm³/mol. The first-order valence-electron chi connectivity index (χ1n) is 17.8. The number of pyridine rings is 1. The van der Waals surface area contributed by atoms with Gasteiger partial charge in [-0.25, -0.2) is 9.37 Å². The van der Waals surface area contributed by atoms with E-state index in [1.165, 1.54) is 17.0 Å². The van der Waals surface area contributed by atoms with E-state index < -0.39 is 11.7 Å². The Bertz CT molecular complexity index is 2200. The van der Waals surface area contributed by atoms with Gasteiger partial charge < -0.3 is 20.3 Å². The second-order valence-corrected chi connectivity index (χ2v) is 14.0. The Balaban J connectivity index is 0.000000779. The zero-order valence-corrected chi connectivity index (χ0v) is 32.2. The molecule has 6 aromatic rings. The highest BCUT2D eigenvalue weighted by Crippen LogP contribution is 2.39. The second kappa shape index (κ2) is 17.9. The van der Waals surface area contributed by atoms with Crippen LogP contribution in [0.2, 0.25) is 5.02 Å². The largest absolute Gasteiger partial charge is 0.453 e. The van der Waals surface area contributed by atoms with Gasteiger partial charge in [-0.2, -0.15) is 14.1 Å². The van der Waals surface area contributed by atoms with E-state index in [0.29, 0.717) is 51.9 Å². The van der Waals surface area contributed by atoms with Crippen LogP contribution in [0.4, 0.5) is 15.9 Å². The number of aromatic nitrogens is 6. The first-order chi connectivity index (χ1) is 26.2. The topological polar surface area (TPSA) is 152 Å². The smallest absolute Gasteiger partial charge is 0.319 e. The number of carbonyl (C=O) groups excluding carboxylic acids is 1. The molecule has 16 heteroatoms. The molecule has 1 amide bonds. The maximum Gasteiger partial charge on any atom is 0.319 e. The van der Waals surface area contributed by atoms with Crippen LogP contribution in [0.1, 0.15) is 38.4 Å². The quantitative estimate of drug-likeness (QED) is 0.108. The van der Waals surface area contributed by atoms with Crippen molar-refractivity contribution in [2.24, 2.45) is 5.84 Å². The Kier molecular flexibility index (Phi) is 12.9. The van der Waals surface area contributed by atoms with Crippen LogP contribution in [0.25, 0.3) is 32.9 Å². The fraction of sp³-hybridized carbons (Fsp3) is 0.316. The molecule has 1 aliphatic heterocycles. The van der Waals surface area contributed by atoms with Gasteiger partial charge in [0.2, 0.25) is 0 Å². The molecule has 4 N–H and O–H groups in total.